The fraction of sp³-hybridized carbons (Fsp3) is 0.409. The molecule has 1 amide bonds. The molecule has 1 heterocycles. The van der Waals surface area contributed by atoms with Gasteiger partial charge in [-0.25, -0.2) is 8.42 Å². The van der Waals surface area contributed by atoms with Gasteiger partial charge in [0.2, 0.25) is 5.91 Å². The van der Waals surface area contributed by atoms with Gasteiger partial charge in [-0.1, -0.05) is 29.8 Å². The standard InChI is InChI=1S/C22H28N2O4S/c1-15-12-16(2)22(17(3)13-15)29(27,28)23-19-6-4-18(5-7-19)14-21(26)24-10-8-20(25)9-11-24/h4-7,12-13,20,23,25H,8-11,14H2,1-3H3. The summed E-state index contributed by atoms with van der Waals surface area (Å²) >= 11 is 0. The number of anilines is 1. The number of likely N-dealkylation sites (tertiary alicyclic amines) is 1. The number of carbonyl (C=O) groups excluding carboxylic acids is 1. The van der Waals surface area contributed by atoms with Gasteiger partial charge in [0, 0.05) is 18.8 Å². The van der Waals surface area contributed by atoms with Crippen LogP contribution >= 0.6 is 0 Å². The van der Waals surface area contributed by atoms with Crippen LogP contribution in [0.1, 0.15) is 35.1 Å². The molecule has 7 heteroatoms. The van der Waals surface area contributed by atoms with E-state index in [2.05, 4.69) is 4.72 Å². The van der Waals surface area contributed by atoms with Crippen LogP contribution in [0.2, 0.25) is 0 Å². The third-order valence-corrected chi connectivity index (χ3v) is 6.94. The number of nitrogens with one attached hydrogen (secondary N) is 1. The van der Waals surface area contributed by atoms with Crippen molar-refractivity contribution in [3.63, 3.8) is 0 Å². The van der Waals surface area contributed by atoms with Crippen molar-refractivity contribution in [3.05, 3.63) is 58.7 Å². The van der Waals surface area contributed by atoms with Crippen molar-refractivity contribution < 1.29 is 18.3 Å². The summed E-state index contributed by atoms with van der Waals surface area (Å²) < 4.78 is 28.3. The Morgan fingerprint density at radius 3 is 2.17 bits per heavy atom. The second-order valence-corrected chi connectivity index (χ2v) is 9.44. The molecule has 0 saturated carbocycles. The zero-order chi connectivity index (χ0) is 21.2. The molecule has 0 aromatic heterocycles. The molecule has 29 heavy (non-hydrogen) atoms. The molecule has 2 aromatic rings. The summed E-state index contributed by atoms with van der Waals surface area (Å²) in [5.41, 5.74) is 3.73. The maximum absolute atomic E-state index is 12.9. The predicted molar refractivity (Wildman–Crippen MR) is 113 cm³/mol. The highest BCUT2D eigenvalue weighted by Gasteiger charge is 2.22. The second kappa shape index (κ2) is 8.55. The van der Waals surface area contributed by atoms with Crippen LogP contribution in [0.3, 0.4) is 0 Å². The molecule has 6 nitrogen and oxygen atoms in total. The van der Waals surface area contributed by atoms with Gasteiger partial charge in [-0.2, -0.15) is 0 Å². The lowest BCUT2D eigenvalue weighted by Gasteiger charge is -2.29. The van der Waals surface area contributed by atoms with Crippen molar-refractivity contribution in [2.45, 2.75) is 51.0 Å². The Labute approximate surface area is 172 Å². The van der Waals surface area contributed by atoms with Crippen LogP contribution in [-0.4, -0.2) is 43.5 Å². The lowest BCUT2D eigenvalue weighted by atomic mass is 10.1. The SMILES string of the molecule is Cc1cc(C)c(S(=O)(=O)Nc2ccc(CC(=O)N3CCC(O)CC3)cc2)c(C)c1. The molecule has 0 spiro atoms. The molecule has 2 aromatic carbocycles. The fourth-order valence-corrected chi connectivity index (χ4v) is 5.40. The van der Waals surface area contributed by atoms with Crippen molar-refractivity contribution in [3.8, 4) is 0 Å². The van der Waals surface area contributed by atoms with Gasteiger partial charge in [0.1, 0.15) is 0 Å². The highest BCUT2D eigenvalue weighted by Crippen LogP contribution is 2.24. The van der Waals surface area contributed by atoms with E-state index in [-0.39, 0.29) is 18.4 Å². The predicted octanol–water partition coefficient (Wildman–Crippen LogP) is 2.94. The molecule has 2 N–H and O–H groups in total. The van der Waals surface area contributed by atoms with E-state index >= 15 is 0 Å². The average molecular weight is 417 g/mol. The highest BCUT2D eigenvalue weighted by atomic mass is 32.2. The molecule has 3 rings (SSSR count). The van der Waals surface area contributed by atoms with E-state index < -0.39 is 10.0 Å². The summed E-state index contributed by atoms with van der Waals surface area (Å²) in [5, 5.41) is 9.56. The highest BCUT2D eigenvalue weighted by molar-refractivity contribution is 7.92. The topological polar surface area (TPSA) is 86.7 Å². The van der Waals surface area contributed by atoms with E-state index in [1.807, 2.05) is 19.1 Å². The number of aryl methyl sites for hydroxylation is 3. The van der Waals surface area contributed by atoms with Gasteiger partial charge in [0.15, 0.2) is 0 Å². The van der Waals surface area contributed by atoms with E-state index in [0.717, 1.165) is 11.1 Å². The van der Waals surface area contributed by atoms with Crippen molar-refractivity contribution >= 4 is 21.6 Å². The minimum Gasteiger partial charge on any atom is -0.393 e. The van der Waals surface area contributed by atoms with Crippen LogP contribution in [0.25, 0.3) is 0 Å². The fourth-order valence-electron chi connectivity index (χ4n) is 3.89. The zero-order valence-electron chi connectivity index (χ0n) is 17.1. The molecular formula is C22H28N2O4S. The van der Waals surface area contributed by atoms with E-state index in [4.69, 9.17) is 0 Å². The number of sulfonamides is 1. The zero-order valence-corrected chi connectivity index (χ0v) is 17.9. The van der Waals surface area contributed by atoms with Gasteiger partial charge in [-0.05, 0) is 62.4 Å². The van der Waals surface area contributed by atoms with Crippen molar-refractivity contribution in [2.75, 3.05) is 17.8 Å². The monoisotopic (exact) mass is 416 g/mol. The summed E-state index contributed by atoms with van der Waals surface area (Å²) in [7, 11) is -3.70. The van der Waals surface area contributed by atoms with E-state index in [1.165, 1.54) is 0 Å². The number of aliphatic hydroxyl groups is 1. The average Bonchev–Trinajstić information content (AvgIpc) is 2.62. The Kier molecular flexibility index (Phi) is 6.29. The Morgan fingerprint density at radius 1 is 1.07 bits per heavy atom. The number of carbonyl (C=O) groups is 1. The van der Waals surface area contributed by atoms with Crippen LogP contribution < -0.4 is 4.72 Å². The minimum atomic E-state index is -3.70. The van der Waals surface area contributed by atoms with Gasteiger partial charge in [0.05, 0.1) is 17.4 Å². The number of hydrogen-bond acceptors (Lipinski definition) is 4. The van der Waals surface area contributed by atoms with Crippen molar-refractivity contribution in [1.82, 2.24) is 4.90 Å². The molecule has 1 aliphatic heterocycles. The molecule has 156 valence electrons. The van der Waals surface area contributed by atoms with Crippen LogP contribution in [0.15, 0.2) is 41.3 Å². The number of aliphatic hydroxyl groups excluding tert-OH is 1. The Balaban J connectivity index is 1.68. The molecule has 0 bridgehead atoms. The molecule has 0 radical (unpaired) electrons. The number of amides is 1. The number of piperidine rings is 1. The first-order valence-electron chi connectivity index (χ1n) is 9.81. The Hall–Kier alpha value is -2.38. The molecule has 0 atom stereocenters. The molecule has 1 fully saturated rings. The van der Waals surface area contributed by atoms with Crippen molar-refractivity contribution in [1.29, 1.82) is 0 Å². The summed E-state index contributed by atoms with van der Waals surface area (Å²) in [6, 6.07) is 10.6. The number of benzene rings is 2. The molecule has 0 unspecified atom stereocenters. The number of nitrogens with zero attached hydrogens (tertiary/aromatic N) is 1. The van der Waals surface area contributed by atoms with Gasteiger partial charge >= 0.3 is 0 Å². The van der Waals surface area contributed by atoms with Crippen LogP contribution in [0.5, 0.6) is 0 Å². The third kappa shape index (κ3) is 5.16. The Morgan fingerprint density at radius 2 is 1.62 bits per heavy atom. The summed E-state index contributed by atoms with van der Waals surface area (Å²) in [4.78, 5) is 14.5. The molecule has 1 saturated heterocycles. The lowest BCUT2D eigenvalue weighted by molar-refractivity contribution is -0.132. The van der Waals surface area contributed by atoms with E-state index in [0.29, 0.717) is 47.6 Å². The first-order valence-corrected chi connectivity index (χ1v) is 11.3. The maximum atomic E-state index is 12.9. The largest absolute Gasteiger partial charge is 0.393 e. The third-order valence-electron chi connectivity index (χ3n) is 5.25. The second-order valence-electron chi connectivity index (χ2n) is 7.82. The van der Waals surface area contributed by atoms with Crippen LogP contribution in [0.4, 0.5) is 5.69 Å². The first kappa shape index (κ1) is 21.3. The summed E-state index contributed by atoms with van der Waals surface area (Å²) in [6.07, 6.45) is 1.18. The van der Waals surface area contributed by atoms with Gasteiger partial charge in [0.25, 0.3) is 10.0 Å². The van der Waals surface area contributed by atoms with Gasteiger partial charge in [-0.15, -0.1) is 0 Å². The van der Waals surface area contributed by atoms with Crippen LogP contribution in [0, 0.1) is 20.8 Å². The van der Waals surface area contributed by atoms with E-state index in [1.54, 1.807) is 43.0 Å². The first-order chi connectivity index (χ1) is 13.7. The smallest absolute Gasteiger partial charge is 0.262 e. The van der Waals surface area contributed by atoms with Gasteiger partial charge in [-0.3, -0.25) is 9.52 Å². The number of rotatable bonds is 5. The van der Waals surface area contributed by atoms with Crippen LogP contribution in [-0.2, 0) is 21.2 Å². The van der Waals surface area contributed by atoms with Crippen molar-refractivity contribution in [2.24, 2.45) is 0 Å². The summed E-state index contributed by atoms with van der Waals surface area (Å²) in [5.74, 6) is 0.0242. The van der Waals surface area contributed by atoms with E-state index in [9.17, 15) is 18.3 Å². The summed E-state index contributed by atoms with van der Waals surface area (Å²) in [6.45, 7) is 6.68. The molecular weight excluding hydrogens is 388 g/mol. The molecule has 0 aliphatic carbocycles. The van der Waals surface area contributed by atoms with Gasteiger partial charge < -0.3 is 10.0 Å². The number of hydrogen-bond donors (Lipinski definition) is 2. The minimum absolute atomic E-state index is 0.0242. The normalized spacial score (nSPS) is 15.4. The molecule has 1 aliphatic rings. The lowest BCUT2D eigenvalue weighted by Crippen LogP contribution is -2.40. The Bertz CT molecular complexity index is 969. The quantitative estimate of drug-likeness (QED) is 0.785. The maximum Gasteiger partial charge on any atom is 0.262 e.